The molecule has 0 aromatic rings. The van der Waals surface area contributed by atoms with E-state index in [9.17, 15) is 0 Å². The fraction of sp³-hybridized carbons (Fsp3) is 1.00. The maximum Gasteiger partial charge on any atom is 0.0169 e. The Morgan fingerprint density at radius 1 is 1.06 bits per heavy atom. The summed E-state index contributed by atoms with van der Waals surface area (Å²) in [6.45, 7) is 10.8. The lowest BCUT2D eigenvalue weighted by molar-refractivity contribution is 0.284. The second kappa shape index (κ2) is 8.08. The van der Waals surface area contributed by atoms with Crippen molar-refractivity contribution in [1.82, 2.24) is 10.2 Å². The second-order valence-electron chi connectivity index (χ2n) is 5.47. The van der Waals surface area contributed by atoms with E-state index < -0.39 is 0 Å². The summed E-state index contributed by atoms with van der Waals surface area (Å²) in [5.41, 5.74) is 0. The van der Waals surface area contributed by atoms with Gasteiger partial charge in [-0.2, -0.15) is 0 Å². The van der Waals surface area contributed by atoms with Crippen LogP contribution in [-0.2, 0) is 0 Å². The number of unbranched alkanes of at least 4 members (excludes halogenated alkanes) is 2. The van der Waals surface area contributed by atoms with Gasteiger partial charge in [0, 0.05) is 18.6 Å². The normalized spacial score (nSPS) is 21.2. The molecule has 1 saturated heterocycles. The summed E-state index contributed by atoms with van der Waals surface area (Å²) in [4.78, 5) is 2.59. The predicted octanol–water partition coefficient (Wildman–Crippen LogP) is 3.03. The molecular formula is C14H30N2. The smallest absolute Gasteiger partial charge is 0.0169 e. The largest absolute Gasteiger partial charge is 0.311 e. The van der Waals surface area contributed by atoms with Gasteiger partial charge in [0.25, 0.3) is 0 Å². The monoisotopic (exact) mass is 226 g/mol. The Hall–Kier alpha value is -0.0800. The topological polar surface area (TPSA) is 15.3 Å². The van der Waals surface area contributed by atoms with Crippen LogP contribution < -0.4 is 5.32 Å². The number of rotatable bonds is 8. The van der Waals surface area contributed by atoms with Gasteiger partial charge < -0.3 is 10.2 Å². The minimum Gasteiger partial charge on any atom is -0.311 e. The van der Waals surface area contributed by atoms with Gasteiger partial charge in [-0.05, 0) is 46.2 Å². The maximum absolute atomic E-state index is 3.72. The van der Waals surface area contributed by atoms with Crippen LogP contribution in [0.5, 0.6) is 0 Å². The van der Waals surface area contributed by atoms with Crippen molar-refractivity contribution in [3.63, 3.8) is 0 Å². The van der Waals surface area contributed by atoms with Crippen LogP contribution in [0.3, 0.4) is 0 Å². The minimum atomic E-state index is 0.648. The molecule has 1 aliphatic heterocycles. The zero-order chi connectivity index (χ0) is 11.8. The number of hydrogen-bond acceptors (Lipinski definition) is 2. The Bertz CT molecular complexity index is 164. The van der Waals surface area contributed by atoms with Crippen LogP contribution in [0.2, 0.25) is 0 Å². The van der Waals surface area contributed by atoms with Gasteiger partial charge in [0.2, 0.25) is 0 Å². The van der Waals surface area contributed by atoms with Crippen molar-refractivity contribution in [2.24, 2.45) is 0 Å². The fourth-order valence-corrected chi connectivity index (χ4v) is 2.67. The first-order valence-electron chi connectivity index (χ1n) is 7.20. The lowest BCUT2D eigenvalue weighted by Gasteiger charge is -2.24. The molecule has 2 nitrogen and oxygen atoms in total. The highest BCUT2D eigenvalue weighted by Gasteiger charge is 2.15. The van der Waals surface area contributed by atoms with Crippen LogP contribution in [0.1, 0.15) is 59.3 Å². The van der Waals surface area contributed by atoms with Crippen molar-refractivity contribution in [3.05, 3.63) is 0 Å². The van der Waals surface area contributed by atoms with Crippen molar-refractivity contribution >= 4 is 0 Å². The average Bonchev–Trinajstić information content (AvgIpc) is 2.70. The number of nitrogens with one attached hydrogen (secondary N) is 1. The van der Waals surface area contributed by atoms with E-state index in [2.05, 4.69) is 31.0 Å². The molecule has 0 aromatic carbocycles. The third-order valence-electron chi connectivity index (χ3n) is 3.54. The summed E-state index contributed by atoms with van der Waals surface area (Å²) in [6, 6.07) is 1.33. The van der Waals surface area contributed by atoms with E-state index in [1.165, 1.54) is 58.2 Å². The standard InChI is InChI=1S/C14H30N2/c1-4-5-6-9-13(2)15-14(3)12-16-10-7-8-11-16/h13-15H,4-12H2,1-3H3. The molecule has 0 bridgehead atoms. The van der Waals surface area contributed by atoms with Crippen molar-refractivity contribution in [2.75, 3.05) is 19.6 Å². The van der Waals surface area contributed by atoms with Crippen molar-refractivity contribution in [3.8, 4) is 0 Å². The first kappa shape index (κ1) is 14.0. The van der Waals surface area contributed by atoms with E-state index in [1.54, 1.807) is 0 Å². The zero-order valence-corrected chi connectivity index (χ0v) is 11.5. The van der Waals surface area contributed by atoms with Crippen LogP contribution in [-0.4, -0.2) is 36.6 Å². The molecule has 2 heteroatoms. The van der Waals surface area contributed by atoms with Crippen LogP contribution in [0.25, 0.3) is 0 Å². The van der Waals surface area contributed by atoms with Gasteiger partial charge in [-0.1, -0.05) is 26.2 Å². The summed E-state index contributed by atoms with van der Waals surface area (Å²) in [6.07, 6.45) is 8.22. The first-order valence-corrected chi connectivity index (χ1v) is 7.20. The predicted molar refractivity (Wildman–Crippen MR) is 71.9 cm³/mol. The molecule has 1 N–H and O–H groups in total. The van der Waals surface area contributed by atoms with Crippen molar-refractivity contribution in [1.29, 1.82) is 0 Å². The van der Waals surface area contributed by atoms with E-state index in [4.69, 9.17) is 0 Å². The van der Waals surface area contributed by atoms with E-state index in [0.717, 1.165) is 0 Å². The van der Waals surface area contributed by atoms with Crippen LogP contribution >= 0.6 is 0 Å². The van der Waals surface area contributed by atoms with Gasteiger partial charge in [-0.15, -0.1) is 0 Å². The molecule has 1 rings (SSSR count). The van der Waals surface area contributed by atoms with Crippen molar-refractivity contribution < 1.29 is 0 Å². The molecule has 0 saturated carbocycles. The molecule has 0 radical (unpaired) electrons. The Kier molecular flexibility index (Phi) is 7.06. The molecule has 1 aliphatic rings. The SMILES string of the molecule is CCCCCC(C)NC(C)CN1CCCC1. The zero-order valence-electron chi connectivity index (χ0n) is 11.5. The molecule has 2 atom stereocenters. The highest BCUT2D eigenvalue weighted by molar-refractivity contribution is 4.74. The van der Waals surface area contributed by atoms with Crippen LogP contribution in [0.15, 0.2) is 0 Å². The Morgan fingerprint density at radius 2 is 1.75 bits per heavy atom. The molecule has 0 aromatic heterocycles. The number of likely N-dealkylation sites (tertiary alicyclic amines) is 1. The van der Waals surface area contributed by atoms with Crippen molar-refractivity contribution in [2.45, 2.75) is 71.4 Å². The fourth-order valence-electron chi connectivity index (χ4n) is 2.67. The summed E-state index contributed by atoms with van der Waals surface area (Å²) in [5, 5.41) is 3.72. The maximum atomic E-state index is 3.72. The quantitative estimate of drug-likeness (QED) is 0.640. The Balaban J connectivity index is 2.05. The van der Waals surface area contributed by atoms with Gasteiger partial charge in [0.1, 0.15) is 0 Å². The molecule has 2 unspecified atom stereocenters. The third-order valence-corrected chi connectivity index (χ3v) is 3.54. The first-order chi connectivity index (χ1) is 7.72. The molecule has 1 fully saturated rings. The van der Waals surface area contributed by atoms with E-state index >= 15 is 0 Å². The van der Waals surface area contributed by atoms with E-state index in [0.29, 0.717) is 12.1 Å². The van der Waals surface area contributed by atoms with Crippen LogP contribution in [0.4, 0.5) is 0 Å². The van der Waals surface area contributed by atoms with Crippen LogP contribution in [0, 0.1) is 0 Å². The summed E-state index contributed by atoms with van der Waals surface area (Å²) >= 11 is 0. The number of nitrogens with zero attached hydrogens (tertiary/aromatic N) is 1. The lowest BCUT2D eigenvalue weighted by Crippen LogP contribution is -2.42. The lowest BCUT2D eigenvalue weighted by atomic mass is 10.1. The molecule has 16 heavy (non-hydrogen) atoms. The van der Waals surface area contributed by atoms with Gasteiger partial charge in [0.15, 0.2) is 0 Å². The van der Waals surface area contributed by atoms with Gasteiger partial charge >= 0.3 is 0 Å². The molecule has 0 amide bonds. The van der Waals surface area contributed by atoms with Gasteiger partial charge in [-0.3, -0.25) is 0 Å². The second-order valence-corrected chi connectivity index (χ2v) is 5.47. The Labute approximate surface area is 102 Å². The third kappa shape index (κ3) is 5.86. The summed E-state index contributed by atoms with van der Waals surface area (Å²) in [7, 11) is 0. The molecule has 1 heterocycles. The minimum absolute atomic E-state index is 0.648. The van der Waals surface area contributed by atoms with Gasteiger partial charge in [-0.25, -0.2) is 0 Å². The highest BCUT2D eigenvalue weighted by Crippen LogP contribution is 2.08. The molecular weight excluding hydrogens is 196 g/mol. The number of hydrogen-bond donors (Lipinski definition) is 1. The molecule has 96 valence electrons. The van der Waals surface area contributed by atoms with E-state index in [-0.39, 0.29) is 0 Å². The molecule has 0 spiro atoms. The van der Waals surface area contributed by atoms with Gasteiger partial charge in [0.05, 0.1) is 0 Å². The highest BCUT2D eigenvalue weighted by atomic mass is 15.2. The average molecular weight is 226 g/mol. The summed E-state index contributed by atoms with van der Waals surface area (Å²) < 4.78 is 0. The Morgan fingerprint density at radius 3 is 2.38 bits per heavy atom. The molecule has 0 aliphatic carbocycles. The summed E-state index contributed by atoms with van der Waals surface area (Å²) in [5.74, 6) is 0. The van der Waals surface area contributed by atoms with E-state index in [1.807, 2.05) is 0 Å².